The molecule has 0 bridgehead atoms. The highest BCUT2D eigenvalue weighted by molar-refractivity contribution is 7.20. The quantitative estimate of drug-likeness (QED) is 0.646. The van der Waals surface area contributed by atoms with E-state index in [0.717, 1.165) is 21.6 Å². The molecule has 1 unspecified atom stereocenters. The lowest BCUT2D eigenvalue weighted by molar-refractivity contribution is -0.127. The predicted molar refractivity (Wildman–Crippen MR) is 101 cm³/mol. The van der Waals surface area contributed by atoms with E-state index in [9.17, 15) is 14.4 Å². The van der Waals surface area contributed by atoms with Crippen molar-refractivity contribution in [2.45, 2.75) is 20.0 Å². The standard InChI is InChI=1S/C17H15ClN4O4S/c1-8-12-7-13(16(24)26-9(2)14(23)20-17(19)25)27-15(12)22(21-8)11-5-3-10(18)4-6-11/h3-7,9H,1-2H3,(H3,19,20,23,25). The third-order valence-corrected chi connectivity index (χ3v) is 5.06. The molecule has 1 aromatic carbocycles. The van der Waals surface area contributed by atoms with Crippen molar-refractivity contribution in [2.75, 3.05) is 0 Å². The van der Waals surface area contributed by atoms with Crippen LogP contribution in [0.25, 0.3) is 15.9 Å². The number of esters is 1. The summed E-state index contributed by atoms with van der Waals surface area (Å²) in [5.41, 5.74) is 6.43. The van der Waals surface area contributed by atoms with Gasteiger partial charge in [0.15, 0.2) is 6.10 Å². The maximum atomic E-state index is 12.4. The molecule has 3 rings (SSSR count). The average Bonchev–Trinajstić information content (AvgIpc) is 3.16. The fraction of sp³-hybridized carbons (Fsp3) is 0.176. The molecule has 0 radical (unpaired) electrons. The van der Waals surface area contributed by atoms with Crippen LogP contribution in [0.1, 0.15) is 22.3 Å². The van der Waals surface area contributed by atoms with Gasteiger partial charge in [-0.2, -0.15) is 5.10 Å². The van der Waals surface area contributed by atoms with Gasteiger partial charge in [0.05, 0.1) is 11.4 Å². The molecule has 8 nitrogen and oxygen atoms in total. The molecule has 3 aromatic rings. The van der Waals surface area contributed by atoms with E-state index < -0.39 is 24.0 Å². The number of ether oxygens (including phenoxy) is 1. The minimum absolute atomic E-state index is 0.312. The molecule has 0 aliphatic rings. The monoisotopic (exact) mass is 406 g/mol. The summed E-state index contributed by atoms with van der Waals surface area (Å²) in [6.07, 6.45) is -1.16. The normalized spacial score (nSPS) is 12.0. The number of benzene rings is 1. The second-order valence-corrected chi connectivity index (χ2v) is 7.17. The van der Waals surface area contributed by atoms with Gasteiger partial charge in [-0.3, -0.25) is 10.1 Å². The first-order valence-electron chi connectivity index (χ1n) is 7.82. The molecule has 0 saturated carbocycles. The highest BCUT2D eigenvalue weighted by Crippen LogP contribution is 2.31. The molecule has 0 aliphatic heterocycles. The number of hydrogen-bond donors (Lipinski definition) is 2. The number of aryl methyl sites for hydroxylation is 1. The fourth-order valence-electron chi connectivity index (χ4n) is 2.40. The molecule has 0 spiro atoms. The summed E-state index contributed by atoms with van der Waals surface area (Å²) in [6, 6.07) is 7.80. The number of primary amides is 1. The number of aromatic nitrogens is 2. The van der Waals surface area contributed by atoms with Crippen molar-refractivity contribution < 1.29 is 19.1 Å². The number of rotatable bonds is 4. The van der Waals surface area contributed by atoms with Crippen LogP contribution in [-0.4, -0.2) is 33.8 Å². The molecule has 3 amide bonds. The van der Waals surface area contributed by atoms with Crippen molar-refractivity contribution in [3.8, 4) is 5.69 Å². The number of hydrogen-bond acceptors (Lipinski definition) is 6. The van der Waals surface area contributed by atoms with Crippen LogP contribution in [0, 0.1) is 6.92 Å². The van der Waals surface area contributed by atoms with Gasteiger partial charge in [0.25, 0.3) is 5.91 Å². The van der Waals surface area contributed by atoms with Gasteiger partial charge in [0, 0.05) is 10.4 Å². The van der Waals surface area contributed by atoms with Gasteiger partial charge >= 0.3 is 12.0 Å². The molecular weight excluding hydrogens is 392 g/mol. The third kappa shape index (κ3) is 3.93. The summed E-state index contributed by atoms with van der Waals surface area (Å²) in [5, 5.41) is 7.77. The van der Waals surface area contributed by atoms with E-state index in [1.807, 2.05) is 24.4 Å². The largest absolute Gasteiger partial charge is 0.448 e. The summed E-state index contributed by atoms with van der Waals surface area (Å²) >= 11 is 7.11. The third-order valence-electron chi connectivity index (χ3n) is 3.72. The number of amides is 3. The van der Waals surface area contributed by atoms with Crippen molar-refractivity contribution in [1.29, 1.82) is 0 Å². The molecule has 2 heterocycles. The number of imide groups is 1. The van der Waals surface area contributed by atoms with E-state index in [2.05, 4.69) is 5.10 Å². The first-order chi connectivity index (χ1) is 12.8. The molecule has 1 atom stereocenters. The number of urea groups is 1. The Bertz CT molecular complexity index is 1040. The summed E-state index contributed by atoms with van der Waals surface area (Å²) in [4.78, 5) is 35.8. The summed E-state index contributed by atoms with van der Waals surface area (Å²) in [5.74, 6) is -1.47. The van der Waals surface area contributed by atoms with Crippen molar-refractivity contribution in [2.24, 2.45) is 5.73 Å². The van der Waals surface area contributed by atoms with Crippen LogP contribution in [0.15, 0.2) is 30.3 Å². The number of nitrogens with zero attached hydrogens (tertiary/aromatic N) is 2. The summed E-state index contributed by atoms with van der Waals surface area (Å²) in [6.45, 7) is 3.18. The maximum absolute atomic E-state index is 12.4. The van der Waals surface area contributed by atoms with Crippen molar-refractivity contribution in [3.63, 3.8) is 0 Å². The molecule has 140 valence electrons. The SMILES string of the molecule is Cc1nn(-c2ccc(Cl)cc2)c2sc(C(=O)OC(C)C(=O)NC(N)=O)cc12. The fourth-order valence-corrected chi connectivity index (χ4v) is 3.59. The van der Waals surface area contributed by atoms with E-state index in [1.54, 1.807) is 22.9 Å². The van der Waals surface area contributed by atoms with E-state index in [-0.39, 0.29) is 0 Å². The zero-order chi connectivity index (χ0) is 19.7. The highest BCUT2D eigenvalue weighted by atomic mass is 35.5. The van der Waals surface area contributed by atoms with Gasteiger partial charge in [-0.15, -0.1) is 11.3 Å². The van der Waals surface area contributed by atoms with Gasteiger partial charge in [-0.05, 0) is 44.2 Å². The van der Waals surface area contributed by atoms with E-state index in [1.165, 1.54) is 18.3 Å². The van der Waals surface area contributed by atoms with Crippen LogP contribution in [0.3, 0.4) is 0 Å². The number of thiophene rings is 1. The van der Waals surface area contributed by atoms with Crippen LogP contribution in [0.4, 0.5) is 4.79 Å². The molecular formula is C17H15ClN4O4S. The zero-order valence-electron chi connectivity index (χ0n) is 14.4. The molecule has 0 aliphatic carbocycles. The van der Waals surface area contributed by atoms with Gasteiger partial charge in [0.2, 0.25) is 0 Å². The Balaban J connectivity index is 1.87. The van der Waals surface area contributed by atoms with Crippen LogP contribution < -0.4 is 11.1 Å². The predicted octanol–water partition coefficient (Wildman–Crippen LogP) is 2.79. The Hall–Kier alpha value is -2.91. The Kier molecular flexibility index (Phi) is 5.15. The molecule has 0 fully saturated rings. The minimum Gasteiger partial charge on any atom is -0.448 e. The number of nitrogens with one attached hydrogen (secondary N) is 1. The highest BCUT2D eigenvalue weighted by Gasteiger charge is 2.23. The molecule has 2 aromatic heterocycles. The lowest BCUT2D eigenvalue weighted by atomic mass is 10.3. The second-order valence-electron chi connectivity index (χ2n) is 5.70. The van der Waals surface area contributed by atoms with E-state index in [4.69, 9.17) is 22.1 Å². The number of fused-ring (bicyclic) bond motifs is 1. The number of nitrogens with two attached hydrogens (primary N) is 1. The van der Waals surface area contributed by atoms with Crippen LogP contribution in [-0.2, 0) is 9.53 Å². The van der Waals surface area contributed by atoms with Gasteiger partial charge in [-0.25, -0.2) is 14.3 Å². The van der Waals surface area contributed by atoms with Crippen LogP contribution in [0.2, 0.25) is 5.02 Å². The topological polar surface area (TPSA) is 116 Å². The number of carbonyl (C=O) groups excluding carboxylic acids is 3. The second kappa shape index (κ2) is 7.37. The Morgan fingerprint density at radius 3 is 2.59 bits per heavy atom. The van der Waals surface area contributed by atoms with E-state index >= 15 is 0 Å². The Morgan fingerprint density at radius 2 is 1.96 bits per heavy atom. The molecule has 10 heteroatoms. The zero-order valence-corrected chi connectivity index (χ0v) is 15.9. The molecule has 3 N–H and O–H groups in total. The van der Waals surface area contributed by atoms with Crippen molar-refractivity contribution >= 4 is 51.1 Å². The van der Waals surface area contributed by atoms with Gasteiger partial charge in [-0.1, -0.05) is 11.6 Å². The van der Waals surface area contributed by atoms with Gasteiger partial charge in [0.1, 0.15) is 9.71 Å². The minimum atomic E-state index is -1.16. The van der Waals surface area contributed by atoms with Gasteiger partial charge < -0.3 is 10.5 Å². The summed E-state index contributed by atoms with van der Waals surface area (Å²) in [7, 11) is 0. The number of halogens is 1. The first-order valence-corrected chi connectivity index (χ1v) is 9.02. The summed E-state index contributed by atoms with van der Waals surface area (Å²) < 4.78 is 6.82. The van der Waals surface area contributed by atoms with E-state index in [0.29, 0.717) is 9.90 Å². The number of carbonyl (C=O) groups is 3. The lowest BCUT2D eigenvalue weighted by Gasteiger charge is -2.10. The molecule has 27 heavy (non-hydrogen) atoms. The molecule has 0 saturated heterocycles. The lowest BCUT2D eigenvalue weighted by Crippen LogP contribution is -2.42. The smallest absolute Gasteiger partial charge is 0.349 e. The Morgan fingerprint density at radius 1 is 1.30 bits per heavy atom. The van der Waals surface area contributed by atoms with Crippen molar-refractivity contribution in [3.05, 3.63) is 45.9 Å². The van der Waals surface area contributed by atoms with Crippen LogP contribution >= 0.6 is 22.9 Å². The average molecular weight is 407 g/mol. The van der Waals surface area contributed by atoms with Crippen LogP contribution in [0.5, 0.6) is 0 Å². The Labute approximate surface area is 162 Å². The van der Waals surface area contributed by atoms with Crippen molar-refractivity contribution in [1.82, 2.24) is 15.1 Å². The first kappa shape index (κ1) is 18.9. The maximum Gasteiger partial charge on any atom is 0.349 e.